The van der Waals surface area contributed by atoms with E-state index in [2.05, 4.69) is 5.32 Å². The highest BCUT2D eigenvalue weighted by atomic mass is 19.1. The van der Waals surface area contributed by atoms with Crippen molar-refractivity contribution < 1.29 is 23.8 Å². The van der Waals surface area contributed by atoms with E-state index in [-0.39, 0.29) is 17.8 Å². The fourth-order valence-corrected chi connectivity index (χ4v) is 2.15. The van der Waals surface area contributed by atoms with Gasteiger partial charge in [0.2, 0.25) is 5.91 Å². The lowest BCUT2D eigenvalue weighted by atomic mass is 10.1. The largest absolute Gasteiger partial charge is 0.479 e. The van der Waals surface area contributed by atoms with Crippen LogP contribution in [0.15, 0.2) is 24.3 Å². The van der Waals surface area contributed by atoms with Crippen LogP contribution in [0.2, 0.25) is 0 Å². The number of halogens is 1. The van der Waals surface area contributed by atoms with Crippen molar-refractivity contribution in [3.8, 4) is 0 Å². The van der Waals surface area contributed by atoms with E-state index < -0.39 is 18.2 Å². The number of amides is 1. The molecule has 3 atom stereocenters. The number of nitrogens with one attached hydrogen (secondary N) is 1. The molecule has 1 aromatic carbocycles. The molecule has 1 aliphatic rings. The maximum Gasteiger partial charge on any atom is 0.332 e. The van der Waals surface area contributed by atoms with Gasteiger partial charge in [-0.05, 0) is 37.5 Å². The van der Waals surface area contributed by atoms with Crippen LogP contribution < -0.4 is 5.32 Å². The Morgan fingerprint density at radius 3 is 2.45 bits per heavy atom. The first kappa shape index (κ1) is 14.5. The topological polar surface area (TPSA) is 75.6 Å². The Kier molecular flexibility index (Phi) is 4.34. The third kappa shape index (κ3) is 3.33. The molecule has 2 rings (SSSR count). The summed E-state index contributed by atoms with van der Waals surface area (Å²) < 4.78 is 18.0. The van der Waals surface area contributed by atoms with E-state index in [4.69, 9.17) is 9.84 Å². The fraction of sp³-hybridized carbons (Fsp3) is 0.429. The number of hydrogen-bond donors (Lipinski definition) is 2. The minimum Gasteiger partial charge on any atom is -0.479 e. The molecule has 2 N–H and O–H groups in total. The molecule has 1 aromatic rings. The van der Waals surface area contributed by atoms with E-state index in [1.54, 1.807) is 19.1 Å². The van der Waals surface area contributed by atoms with Gasteiger partial charge < -0.3 is 15.2 Å². The molecule has 0 aliphatic carbocycles. The van der Waals surface area contributed by atoms with Gasteiger partial charge in [0.15, 0.2) is 6.10 Å². The molecule has 0 bridgehead atoms. The van der Waals surface area contributed by atoms with E-state index in [0.717, 1.165) is 5.56 Å². The van der Waals surface area contributed by atoms with Gasteiger partial charge in [0.25, 0.3) is 0 Å². The third-order valence-electron chi connectivity index (χ3n) is 3.32. The smallest absolute Gasteiger partial charge is 0.332 e. The molecular weight excluding hydrogens is 265 g/mol. The average molecular weight is 281 g/mol. The predicted molar refractivity (Wildman–Crippen MR) is 68.5 cm³/mol. The van der Waals surface area contributed by atoms with Crippen molar-refractivity contribution in [2.75, 3.05) is 0 Å². The molecular formula is C14H16FNO4. The van der Waals surface area contributed by atoms with Gasteiger partial charge in [0, 0.05) is 0 Å². The maximum absolute atomic E-state index is 12.8. The van der Waals surface area contributed by atoms with Crippen molar-refractivity contribution in [2.45, 2.75) is 38.0 Å². The molecule has 0 radical (unpaired) electrons. The van der Waals surface area contributed by atoms with E-state index in [1.165, 1.54) is 12.1 Å². The zero-order chi connectivity index (χ0) is 14.7. The van der Waals surface area contributed by atoms with E-state index in [9.17, 15) is 14.0 Å². The predicted octanol–water partition coefficient (Wildman–Crippen LogP) is 1.64. The zero-order valence-electron chi connectivity index (χ0n) is 11.0. The van der Waals surface area contributed by atoms with Crippen molar-refractivity contribution >= 4 is 11.9 Å². The van der Waals surface area contributed by atoms with Crippen molar-refractivity contribution in [3.05, 3.63) is 35.6 Å². The lowest BCUT2D eigenvalue weighted by molar-refractivity contribution is -0.151. The summed E-state index contributed by atoms with van der Waals surface area (Å²) in [5.74, 6) is -1.73. The van der Waals surface area contributed by atoms with Gasteiger partial charge in [-0.1, -0.05) is 12.1 Å². The summed E-state index contributed by atoms with van der Waals surface area (Å²) in [7, 11) is 0. The Balaban J connectivity index is 1.91. The second-order valence-electron chi connectivity index (χ2n) is 4.81. The molecule has 6 heteroatoms. The summed E-state index contributed by atoms with van der Waals surface area (Å²) in [6, 6.07) is 5.54. The van der Waals surface area contributed by atoms with Crippen molar-refractivity contribution in [1.82, 2.24) is 5.32 Å². The Morgan fingerprint density at radius 1 is 1.30 bits per heavy atom. The number of carbonyl (C=O) groups is 2. The summed E-state index contributed by atoms with van der Waals surface area (Å²) in [6.45, 7) is 1.77. The molecule has 1 heterocycles. The Morgan fingerprint density at radius 2 is 1.90 bits per heavy atom. The van der Waals surface area contributed by atoms with Crippen molar-refractivity contribution in [3.63, 3.8) is 0 Å². The summed E-state index contributed by atoms with van der Waals surface area (Å²) >= 11 is 0. The van der Waals surface area contributed by atoms with Gasteiger partial charge in [-0.3, -0.25) is 4.79 Å². The van der Waals surface area contributed by atoms with Crippen molar-refractivity contribution in [2.24, 2.45) is 0 Å². The number of aliphatic carboxylic acids is 1. The monoisotopic (exact) mass is 281 g/mol. The number of ether oxygens (including phenoxy) is 1. The Bertz CT molecular complexity index is 502. The molecule has 0 spiro atoms. The number of rotatable bonds is 4. The molecule has 1 fully saturated rings. The molecule has 0 saturated carbocycles. The maximum atomic E-state index is 12.8. The second-order valence-corrected chi connectivity index (χ2v) is 4.81. The van der Waals surface area contributed by atoms with Crippen LogP contribution in [-0.4, -0.2) is 29.2 Å². The van der Waals surface area contributed by atoms with Gasteiger partial charge >= 0.3 is 5.97 Å². The lowest BCUT2D eigenvalue weighted by Crippen LogP contribution is -2.37. The molecule has 3 unspecified atom stereocenters. The van der Waals surface area contributed by atoms with Gasteiger partial charge in [-0.15, -0.1) is 0 Å². The van der Waals surface area contributed by atoms with Gasteiger partial charge in [-0.2, -0.15) is 0 Å². The summed E-state index contributed by atoms with van der Waals surface area (Å²) in [4.78, 5) is 22.7. The highest BCUT2D eigenvalue weighted by Gasteiger charge is 2.35. The number of carbonyl (C=O) groups excluding carboxylic acids is 1. The SMILES string of the molecule is CC(NC(=O)C1CCC(C(=O)O)O1)c1ccc(F)cc1. The highest BCUT2D eigenvalue weighted by Crippen LogP contribution is 2.21. The molecule has 108 valence electrons. The van der Waals surface area contributed by atoms with Crippen LogP contribution >= 0.6 is 0 Å². The van der Waals surface area contributed by atoms with Crippen LogP contribution in [0.4, 0.5) is 4.39 Å². The van der Waals surface area contributed by atoms with Gasteiger partial charge in [0.05, 0.1) is 6.04 Å². The second kappa shape index (κ2) is 6.00. The Hall–Kier alpha value is -1.95. The number of carboxylic acid groups (broad SMARTS) is 1. The normalized spacial score (nSPS) is 23.3. The molecule has 20 heavy (non-hydrogen) atoms. The first-order valence-corrected chi connectivity index (χ1v) is 6.41. The van der Waals surface area contributed by atoms with Crippen LogP contribution in [0.1, 0.15) is 31.4 Å². The molecule has 1 amide bonds. The standard InChI is InChI=1S/C14H16FNO4/c1-8(9-2-4-10(15)5-3-9)16-13(17)11-6-7-12(20-11)14(18)19/h2-5,8,11-12H,6-7H2,1H3,(H,16,17)(H,18,19). The minimum absolute atomic E-state index is 0.296. The van der Waals surface area contributed by atoms with E-state index >= 15 is 0 Å². The third-order valence-corrected chi connectivity index (χ3v) is 3.32. The summed E-state index contributed by atoms with van der Waals surface area (Å²) in [6.07, 6.45) is -0.928. The Labute approximate surface area is 115 Å². The number of hydrogen-bond acceptors (Lipinski definition) is 3. The fourth-order valence-electron chi connectivity index (χ4n) is 2.15. The molecule has 1 saturated heterocycles. The van der Waals surface area contributed by atoms with Crippen LogP contribution in [0.3, 0.4) is 0 Å². The zero-order valence-corrected chi connectivity index (χ0v) is 11.0. The van der Waals surface area contributed by atoms with Crippen LogP contribution in [0, 0.1) is 5.82 Å². The minimum atomic E-state index is -1.05. The molecule has 5 nitrogen and oxygen atoms in total. The first-order chi connectivity index (χ1) is 9.47. The van der Waals surface area contributed by atoms with Gasteiger partial charge in [-0.25, -0.2) is 9.18 Å². The summed E-state index contributed by atoms with van der Waals surface area (Å²) in [5.41, 5.74) is 0.771. The highest BCUT2D eigenvalue weighted by molar-refractivity contribution is 5.82. The van der Waals surface area contributed by atoms with Crippen LogP contribution in [0.25, 0.3) is 0 Å². The first-order valence-electron chi connectivity index (χ1n) is 6.41. The number of benzene rings is 1. The van der Waals surface area contributed by atoms with Crippen LogP contribution in [0.5, 0.6) is 0 Å². The van der Waals surface area contributed by atoms with Crippen molar-refractivity contribution in [1.29, 1.82) is 0 Å². The average Bonchev–Trinajstić information content (AvgIpc) is 2.89. The molecule has 1 aliphatic heterocycles. The van der Waals surface area contributed by atoms with Crippen LogP contribution in [-0.2, 0) is 14.3 Å². The number of carboxylic acids is 1. The lowest BCUT2D eigenvalue weighted by Gasteiger charge is -2.17. The van der Waals surface area contributed by atoms with E-state index in [0.29, 0.717) is 12.8 Å². The quantitative estimate of drug-likeness (QED) is 0.879. The summed E-state index contributed by atoms with van der Waals surface area (Å²) in [5, 5.41) is 11.5. The van der Waals surface area contributed by atoms with Gasteiger partial charge in [0.1, 0.15) is 11.9 Å². The molecule has 0 aromatic heterocycles. The van der Waals surface area contributed by atoms with E-state index in [1.807, 2.05) is 0 Å².